The molecule has 1 heterocycles. The maximum absolute atomic E-state index is 10.8. The van der Waals surface area contributed by atoms with Crippen LogP contribution in [0.4, 0.5) is 5.95 Å². The van der Waals surface area contributed by atoms with E-state index in [0.717, 1.165) is 24.9 Å². The predicted octanol–water partition coefficient (Wildman–Crippen LogP) is 2.09. The Kier molecular flexibility index (Phi) is 4.57. The number of carboxylic acid groups (broad SMARTS) is 1. The summed E-state index contributed by atoms with van der Waals surface area (Å²) in [7, 11) is 0. The molecule has 7 heteroatoms. The first-order valence-corrected chi connectivity index (χ1v) is 7.77. The van der Waals surface area contributed by atoms with Crippen LogP contribution in [0, 0.1) is 0 Å². The molecular formula is C16H20N4O3. The standard InChI is InChI=1S/C16H20N4O3/c1-2-20(10-14(21)22)13-8-12(9-13)17-16-18-15(23-19-16)11-6-4-3-5-7-11/h3-7,12-13H,2,8-10H2,1H3,(H,17,19)(H,21,22). The summed E-state index contributed by atoms with van der Waals surface area (Å²) in [6, 6.07) is 10.2. The van der Waals surface area contributed by atoms with Crippen molar-refractivity contribution in [1.82, 2.24) is 15.0 Å². The van der Waals surface area contributed by atoms with Crippen molar-refractivity contribution in [2.24, 2.45) is 0 Å². The Bertz CT molecular complexity index is 652. The lowest BCUT2D eigenvalue weighted by molar-refractivity contribution is -0.139. The van der Waals surface area contributed by atoms with Crippen LogP contribution in [-0.2, 0) is 4.79 Å². The number of hydrogen-bond donors (Lipinski definition) is 2. The molecule has 122 valence electrons. The second-order valence-corrected chi connectivity index (χ2v) is 5.71. The molecule has 0 unspecified atom stereocenters. The van der Waals surface area contributed by atoms with Crippen LogP contribution >= 0.6 is 0 Å². The van der Waals surface area contributed by atoms with Gasteiger partial charge in [0.25, 0.3) is 11.8 Å². The van der Waals surface area contributed by atoms with Gasteiger partial charge in [0, 0.05) is 17.6 Å². The molecule has 0 atom stereocenters. The monoisotopic (exact) mass is 316 g/mol. The fraction of sp³-hybridized carbons (Fsp3) is 0.438. The molecule has 7 nitrogen and oxygen atoms in total. The number of hydrogen-bond acceptors (Lipinski definition) is 6. The molecule has 23 heavy (non-hydrogen) atoms. The fourth-order valence-corrected chi connectivity index (χ4v) is 2.84. The van der Waals surface area contributed by atoms with E-state index in [2.05, 4.69) is 15.5 Å². The lowest BCUT2D eigenvalue weighted by atomic mass is 9.85. The molecule has 1 fully saturated rings. The quantitative estimate of drug-likeness (QED) is 0.808. The van der Waals surface area contributed by atoms with Gasteiger partial charge in [-0.1, -0.05) is 25.1 Å². The van der Waals surface area contributed by atoms with Gasteiger partial charge in [0.1, 0.15) is 0 Å². The minimum atomic E-state index is -0.783. The molecule has 0 radical (unpaired) electrons. The highest BCUT2D eigenvalue weighted by Crippen LogP contribution is 2.28. The summed E-state index contributed by atoms with van der Waals surface area (Å²) in [6.45, 7) is 2.81. The molecule has 0 bridgehead atoms. The van der Waals surface area contributed by atoms with Crippen molar-refractivity contribution in [2.75, 3.05) is 18.4 Å². The highest BCUT2D eigenvalue weighted by Gasteiger charge is 2.34. The molecule has 1 aliphatic carbocycles. The minimum absolute atomic E-state index is 0.0915. The van der Waals surface area contributed by atoms with E-state index < -0.39 is 5.97 Å². The first-order chi connectivity index (χ1) is 11.2. The van der Waals surface area contributed by atoms with Gasteiger partial charge in [-0.25, -0.2) is 0 Å². The van der Waals surface area contributed by atoms with Crippen molar-refractivity contribution in [3.8, 4) is 11.5 Å². The van der Waals surface area contributed by atoms with Gasteiger partial charge >= 0.3 is 5.97 Å². The number of benzene rings is 1. The zero-order valence-corrected chi connectivity index (χ0v) is 13.0. The van der Waals surface area contributed by atoms with E-state index >= 15 is 0 Å². The Balaban J connectivity index is 1.52. The third-order valence-electron chi connectivity index (χ3n) is 4.15. The van der Waals surface area contributed by atoms with E-state index in [1.165, 1.54) is 0 Å². The van der Waals surface area contributed by atoms with E-state index in [1.807, 2.05) is 42.2 Å². The van der Waals surface area contributed by atoms with Crippen LogP contribution in [-0.4, -0.2) is 51.3 Å². The normalized spacial score (nSPS) is 20.3. The zero-order valence-electron chi connectivity index (χ0n) is 13.0. The number of aromatic nitrogens is 2. The topological polar surface area (TPSA) is 91.5 Å². The van der Waals surface area contributed by atoms with Gasteiger partial charge in [-0.2, -0.15) is 4.98 Å². The molecule has 0 amide bonds. The number of aliphatic carboxylic acids is 1. The van der Waals surface area contributed by atoms with Crippen LogP contribution in [0.15, 0.2) is 34.9 Å². The molecule has 0 aliphatic heterocycles. The summed E-state index contributed by atoms with van der Waals surface area (Å²) in [5, 5.41) is 16.1. The molecule has 1 aliphatic rings. The second-order valence-electron chi connectivity index (χ2n) is 5.71. The molecule has 2 aromatic rings. The van der Waals surface area contributed by atoms with Crippen molar-refractivity contribution in [3.63, 3.8) is 0 Å². The maximum atomic E-state index is 10.8. The summed E-state index contributed by atoms with van der Waals surface area (Å²) < 4.78 is 5.26. The number of anilines is 1. The molecule has 2 N–H and O–H groups in total. The Morgan fingerprint density at radius 1 is 1.39 bits per heavy atom. The molecule has 0 saturated heterocycles. The SMILES string of the molecule is CCN(CC(=O)O)C1CC(Nc2noc(-c3ccccc3)n2)C1. The number of nitrogens with one attached hydrogen (secondary N) is 1. The lowest BCUT2D eigenvalue weighted by Crippen LogP contribution is -2.51. The number of nitrogens with zero attached hydrogens (tertiary/aromatic N) is 3. The van der Waals surface area contributed by atoms with E-state index in [9.17, 15) is 4.79 Å². The van der Waals surface area contributed by atoms with E-state index in [1.54, 1.807) is 0 Å². The fourth-order valence-electron chi connectivity index (χ4n) is 2.84. The average Bonchev–Trinajstić information content (AvgIpc) is 2.98. The van der Waals surface area contributed by atoms with Gasteiger partial charge in [-0.05, 0) is 36.7 Å². The van der Waals surface area contributed by atoms with E-state index in [0.29, 0.717) is 17.9 Å². The van der Waals surface area contributed by atoms with Crippen molar-refractivity contribution < 1.29 is 14.4 Å². The van der Waals surface area contributed by atoms with Crippen LogP contribution in [0.25, 0.3) is 11.5 Å². The molecule has 0 spiro atoms. The lowest BCUT2D eigenvalue weighted by Gasteiger charge is -2.41. The van der Waals surface area contributed by atoms with Gasteiger partial charge in [-0.15, -0.1) is 0 Å². The predicted molar refractivity (Wildman–Crippen MR) is 85.0 cm³/mol. The Morgan fingerprint density at radius 3 is 2.78 bits per heavy atom. The Hall–Kier alpha value is -2.41. The smallest absolute Gasteiger partial charge is 0.317 e. The van der Waals surface area contributed by atoms with E-state index in [-0.39, 0.29) is 12.6 Å². The Morgan fingerprint density at radius 2 is 2.13 bits per heavy atom. The molecule has 1 aromatic carbocycles. The molecular weight excluding hydrogens is 296 g/mol. The van der Waals surface area contributed by atoms with Crippen LogP contribution in [0.3, 0.4) is 0 Å². The average molecular weight is 316 g/mol. The molecule has 3 rings (SSSR count). The van der Waals surface area contributed by atoms with E-state index in [4.69, 9.17) is 9.63 Å². The number of carboxylic acids is 1. The first kappa shape index (κ1) is 15.5. The van der Waals surface area contributed by atoms with Gasteiger partial charge in [-0.3, -0.25) is 9.69 Å². The maximum Gasteiger partial charge on any atom is 0.317 e. The van der Waals surface area contributed by atoms with Crippen molar-refractivity contribution in [2.45, 2.75) is 31.8 Å². The van der Waals surface area contributed by atoms with Crippen LogP contribution in [0.1, 0.15) is 19.8 Å². The Labute approximate surface area is 134 Å². The number of carbonyl (C=O) groups is 1. The van der Waals surface area contributed by atoms with Gasteiger partial charge in [0.15, 0.2) is 0 Å². The number of rotatable bonds is 7. The van der Waals surface area contributed by atoms with Crippen LogP contribution in [0.5, 0.6) is 0 Å². The van der Waals surface area contributed by atoms with Crippen molar-refractivity contribution in [1.29, 1.82) is 0 Å². The van der Waals surface area contributed by atoms with Crippen molar-refractivity contribution in [3.05, 3.63) is 30.3 Å². The summed E-state index contributed by atoms with van der Waals surface area (Å²) in [5.74, 6) is 0.188. The summed E-state index contributed by atoms with van der Waals surface area (Å²) in [5.41, 5.74) is 0.887. The van der Waals surface area contributed by atoms with Gasteiger partial charge in [0.2, 0.25) is 0 Å². The highest BCUT2D eigenvalue weighted by atomic mass is 16.5. The molecule has 1 aromatic heterocycles. The third kappa shape index (κ3) is 3.68. The first-order valence-electron chi connectivity index (χ1n) is 7.77. The third-order valence-corrected chi connectivity index (χ3v) is 4.15. The van der Waals surface area contributed by atoms with Crippen molar-refractivity contribution >= 4 is 11.9 Å². The summed E-state index contributed by atoms with van der Waals surface area (Å²) >= 11 is 0. The van der Waals surface area contributed by atoms with Crippen LogP contribution < -0.4 is 5.32 Å². The van der Waals surface area contributed by atoms with Gasteiger partial charge < -0.3 is 14.9 Å². The number of likely N-dealkylation sites (N-methyl/N-ethyl adjacent to an activating group) is 1. The zero-order chi connectivity index (χ0) is 16.2. The minimum Gasteiger partial charge on any atom is -0.480 e. The summed E-state index contributed by atoms with van der Waals surface area (Å²) in [6.07, 6.45) is 1.77. The summed E-state index contributed by atoms with van der Waals surface area (Å²) in [4.78, 5) is 17.2. The highest BCUT2D eigenvalue weighted by molar-refractivity contribution is 5.69. The van der Waals surface area contributed by atoms with Crippen LogP contribution in [0.2, 0.25) is 0 Å². The van der Waals surface area contributed by atoms with Gasteiger partial charge in [0.05, 0.1) is 6.54 Å². The molecule has 1 saturated carbocycles. The second kappa shape index (κ2) is 6.78. The largest absolute Gasteiger partial charge is 0.480 e.